The minimum atomic E-state index is -0.319. The zero-order chi connectivity index (χ0) is 7.28. The van der Waals surface area contributed by atoms with Gasteiger partial charge in [0, 0.05) is 0 Å². The molecule has 56 valence electrons. The first-order valence-corrected chi connectivity index (χ1v) is 3.30. The Hall–Kier alpha value is -0.120. The molecule has 0 bridgehead atoms. The first kappa shape index (κ1) is 8.88. The predicted molar refractivity (Wildman–Crippen MR) is 37.9 cm³/mol. The molecule has 0 aliphatic rings. The number of rotatable bonds is 4. The van der Waals surface area contributed by atoms with Crippen LogP contribution in [0.2, 0.25) is 0 Å². The van der Waals surface area contributed by atoms with Crippen LogP contribution in [0.4, 0.5) is 0 Å². The molecule has 0 radical (unpaired) electrons. The van der Waals surface area contributed by atoms with Gasteiger partial charge in [-0.2, -0.15) is 0 Å². The van der Waals surface area contributed by atoms with Crippen LogP contribution >= 0.6 is 0 Å². The second kappa shape index (κ2) is 4.73. The molecule has 3 nitrogen and oxygen atoms in total. The van der Waals surface area contributed by atoms with Crippen LogP contribution in [0.25, 0.3) is 0 Å². The summed E-state index contributed by atoms with van der Waals surface area (Å²) in [7, 11) is 0. The minimum absolute atomic E-state index is 0.175. The third kappa shape index (κ3) is 3.46. The molecule has 0 heterocycles. The molecule has 0 aliphatic carbocycles. The van der Waals surface area contributed by atoms with Crippen molar-refractivity contribution < 1.29 is 5.11 Å². The minimum Gasteiger partial charge on any atom is -0.393 e. The summed E-state index contributed by atoms with van der Waals surface area (Å²) in [4.78, 5) is 0. The van der Waals surface area contributed by atoms with Gasteiger partial charge in [-0.05, 0) is 25.4 Å². The van der Waals surface area contributed by atoms with Gasteiger partial charge in [0.15, 0.2) is 0 Å². The van der Waals surface area contributed by atoms with Gasteiger partial charge in [0.2, 0.25) is 0 Å². The highest BCUT2D eigenvalue weighted by Gasteiger charge is 2.09. The van der Waals surface area contributed by atoms with Gasteiger partial charge in [-0.1, -0.05) is 6.92 Å². The molecule has 3 heteroatoms. The molecule has 0 amide bonds. The van der Waals surface area contributed by atoms with Crippen LogP contribution in [0.1, 0.15) is 13.3 Å². The Morgan fingerprint density at radius 2 is 2.00 bits per heavy atom. The summed E-state index contributed by atoms with van der Waals surface area (Å²) in [6.07, 6.45) is 0.332. The second-order valence-corrected chi connectivity index (χ2v) is 2.36. The van der Waals surface area contributed by atoms with Crippen molar-refractivity contribution in [3.8, 4) is 0 Å². The monoisotopic (exact) mass is 132 g/mol. The standard InChI is InChI=1S/C6H16N2O/c1-5(4-8)6(9)2-3-7/h5-6,9H,2-4,7-8H2,1H3. The number of aliphatic hydroxyl groups excluding tert-OH is 1. The first-order valence-electron chi connectivity index (χ1n) is 3.30. The molecule has 0 spiro atoms. The summed E-state index contributed by atoms with van der Waals surface area (Å²) in [5, 5.41) is 9.16. The van der Waals surface area contributed by atoms with Crippen molar-refractivity contribution >= 4 is 0 Å². The van der Waals surface area contributed by atoms with E-state index in [1.54, 1.807) is 0 Å². The molecule has 2 atom stereocenters. The topological polar surface area (TPSA) is 72.3 Å². The van der Waals surface area contributed by atoms with Gasteiger partial charge in [0.1, 0.15) is 0 Å². The van der Waals surface area contributed by atoms with Crippen LogP contribution in [0.15, 0.2) is 0 Å². The molecule has 0 aliphatic heterocycles. The van der Waals surface area contributed by atoms with Gasteiger partial charge in [0.05, 0.1) is 6.10 Å². The Morgan fingerprint density at radius 3 is 2.33 bits per heavy atom. The van der Waals surface area contributed by atoms with Crippen molar-refractivity contribution in [2.75, 3.05) is 13.1 Å². The van der Waals surface area contributed by atoms with Crippen molar-refractivity contribution in [3.05, 3.63) is 0 Å². The van der Waals surface area contributed by atoms with E-state index in [9.17, 15) is 0 Å². The van der Waals surface area contributed by atoms with Crippen molar-refractivity contribution in [2.45, 2.75) is 19.4 Å². The third-order valence-corrected chi connectivity index (χ3v) is 1.49. The third-order valence-electron chi connectivity index (χ3n) is 1.49. The molecule has 0 fully saturated rings. The van der Waals surface area contributed by atoms with E-state index in [-0.39, 0.29) is 12.0 Å². The summed E-state index contributed by atoms with van der Waals surface area (Å²) in [6, 6.07) is 0. The maximum atomic E-state index is 9.16. The fourth-order valence-electron chi connectivity index (χ4n) is 0.612. The van der Waals surface area contributed by atoms with Crippen LogP contribution in [0, 0.1) is 5.92 Å². The summed E-state index contributed by atoms with van der Waals surface area (Å²) in [5.74, 6) is 0.175. The molecule has 0 saturated heterocycles. The van der Waals surface area contributed by atoms with Crippen molar-refractivity contribution in [3.63, 3.8) is 0 Å². The average molecular weight is 132 g/mol. The Labute approximate surface area is 56.0 Å². The zero-order valence-electron chi connectivity index (χ0n) is 5.88. The van der Waals surface area contributed by atoms with Crippen LogP contribution in [-0.4, -0.2) is 24.3 Å². The lowest BCUT2D eigenvalue weighted by molar-refractivity contribution is 0.114. The van der Waals surface area contributed by atoms with E-state index in [1.807, 2.05) is 6.92 Å². The Balaban J connectivity index is 3.32. The van der Waals surface area contributed by atoms with Gasteiger partial charge in [-0.3, -0.25) is 0 Å². The average Bonchev–Trinajstić information content (AvgIpc) is 1.87. The lowest BCUT2D eigenvalue weighted by Crippen LogP contribution is -2.27. The zero-order valence-corrected chi connectivity index (χ0v) is 5.88. The highest BCUT2D eigenvalue weighted by molar-refractivity contribution is 4.64. The highest BCUT2D eigenvalue weighted by atomic mass is 16.3. The number of hydrogen-bond donors (Lipinski definition) is 3. The number of nitrogens with two attached hydrogens (primary N) is 2. The normalized spacial score (nSPS) is 17.3. The Morgan fingerprint density at radius 1 is 1.44 bits per heavy atom. The molecule has 5 N–H and O–H groups in total. The van der Waals surface area contributed by atoms with Crippen molar-refractivity contribution in [2.24, 2.45) is 17.4 Å². The lowest BCUT2D eigenvalue weighted by Gasteiger charge is -2.14. The molecule has 9 heavy (non-hydrogen) atoms. The van der Waals surface area contributed by atoms with E-state index in [4.69, 9.17) is 16.6 Å². The van der Waals surface area contributed by atoms with E-state index < -0.39 is 0 Å². The van der Waals surface area contributed by atoms with Gasteiger partial charge in [-0.25, -0.2) is 0 Å². The van der Waals surface area contributed by atoms with E-state index in [2.05, 4.69) is 0 Å². The van der Waals surface area contributed by atoms with Gasteiger partial charge in [0.25, 0.3) is 0 Å². The Bertz CT molecular complexity index is 68.1. The van der Waals surface area contributed by atoms with E-state index in [0.717, 1.165) is 0 Å². The van der Waals surface area contributed by atoms with Gasteiger partial charge in [-0.15, -0.1) is 0 Å². The van der Waals surface area contributed by atoms with Crippen molar-refractivity contribution in [1.82, 2.24) is 0 Å². The SMILES string of the molecule is CC(CN)C(O)CCN. The number of aliphatic hydroxyl groups is 1. The van der Waals surface area contributed by atoms with Gasteiger partial charge >= 0.3 is 0 Å². The summed E-state index contributed by atoms with van der Waals surface area (Å²) < 4.78 is 0. The highest BCUT2D eigenvalue weighted by Crippen LogP contribution is 2.02. The molecule has 0 saturated carbocycles. The maximum Gasteiger partial charge on any atom is 0.0589 e. The van der Waals surface area contributed by atoms with Gasteiger partial charge < -0.3 is 16.6 Å². The quantitative estimate of drug-likeness (QED) is 0.473. The van der Waals surface area contributed by atoms with E-state index in [1.165, 1.54) is 0 Å². The maximum absolute atomic E-state index is 9.16. The molecule has 0 aromatic heterocycles. The molecule has 0 rings (SSSR count). The van der Waals surface area contributed by atoms with Crippen molar-refractivity contribution in [1.29, 1.82) is 0 Å². The van der Waals surface area contributed by atoms with Crippen LogP contribution in [-0.2, 0) is 0 Å². The predicted octanol–water partition coefficient (Wildman–Crippen LogP) is -0.709. The summed E-state index contributed by atoms with van der Waals surface area (Å²) >= 11 is 0. The Kier molecular flexibility index (Phi) is 4.67. The smallest absolute Gasteiger partial charge is 0.0589 e. The fourth-order valence-corrected chi connectivity index (χ4v) is 0.612. The molecular weight excluding hydrogens is 116 g/mol. The first-order chi connectivity index (χ1) is 4.22. The van der Waals surface area contributed by atoms with Crippen LogP contribution < -0.4 is 11.5 Å². The second-order valence-electron chi connectivity index (χ2n) is 2.36. The summed E-state index contributed by atoms with van der Waals surface area (Å²) in [6.45, 7) is 2.98. The molecule has 2 unspecified atom stereocenters. The fraction of sp³-hybridized carbons (Fsp3) is 1.00. The van der Waals surface area contributed by atoms with E-state index >= 15 is 0 Å². The van der Waals surface area contributed by atoms with Crippen LogP contribution in [0.3, 0.4) is 0 Å². The van der Waals surface area contributed by atoms with Crippen LogP contribution in [0.5, 0.6) is 0 Å². The number of hydrogen-bond acceptors (Lipinski definition) is 3. The molecular formula is C6H16N2O. The summed E-state index contributed by atoms with van der Waals surface area (Å²) in [5.41, 5.74) is 10.5. The molecule has 0 aromatic carbocycles. The molecule has 0 aromatic rings. The van der Waals surface area contributed by atoms with E-state index in [0.29, 0.717) is 19.5 Å². The largest absolute Gasteiger partial charge is 0.393 e. The lowest BCUT2D eigenvalue weighted by atomic mass is 10.0.